The van der Waals surface area contributed by atoms with Crippen LogP contribution >= 0.6 is 15.9 Å². The maximum atomic E-state index is 11.3. The third-order valence-corrected chi connectivity index (χ3v) is 2.23. The molecule has 3 heteroatoms. The molecule has 2 nitrogen and oxygen atoms in total. The Bertz CT molecular complexity index is 477. The number of rotatable bonds is 0. The first-order valence-corrected chi connectivity index (χ1v) is 6.33. The van der Waals surface area contributed by atoms with Gasteiger partial charge in [0.25, 0.3) is 5.56 Å². The van der Waals surface area contributed by atoms with Crippen molar-refractivity contribution in [2.24, 2.45) is 0 Å². The minimum Gasteiger partial charge on any atom is -0.329 e. The molecule has 0 spiro atoms. The fourth-order valence-electron chi connectivity index (χ4n) is 1.16. The number of pyridine rings is 1. The Morgan fingerprint density at radius 2 is 1.69 bits per heavy atom. The van der Waals surface area contributed by atoms with E-state index in [2.05, 4.69) is 20.9 Å². The zero-order valence-corrected chi connectivity index (χ0v) is 11.8. The highest BCUT2D eigenvalue weighted by atomic mass is 79.9. The second-order valence-electron chi connectivity index (χ2n) is 2.54. The predicted molar refractivity (Wildman–Crippen MR) is 75.0 cm³/mol. The van der Waals surface area contributed by atoms with Gasteiger partial charge in [-0.1, -0.05) is 49.7 Å². The highest BCUT2D eigenvalue weighted by Crippen LogP contribution is 2.15. The van der Waals surface area contributed by atoms with Crippen molar-refractivity contribution in [1.29, 1.82) is 0 Å². The first-order chi connectivity index (χ1) is 7.77. The van der Waals surface area contributed by atoms with Gasteiger partial charge in [0.05, 0.1) is 0 Å². The van der Waals surface area contributed by atoms with Gasteiger partial charge in [-0.05, 0) is 23.6 Å². The van der Waals surface area contributed by atoms with Crippen LogP contribution in [0.2, 0.25) is 0 Å². The maximum absolute atomic E-state index is 11.3. The average molecular weight is 284 g/mol. The number of hydrogen-bond acceptors (Lipinski definition) is 1. The van der Waals surface area contributed by atoms with E-state index in [-0.39, 0.29) is 5.56 Å². The van der Waals surface area contributed by atoms with Gasteiger partial charge in [0.1, 0.15) is 0 Å². The molecule has 0 saturated heterocycles. The lowest BCUT2D eigenvalue weighted by Gasteiger charge is -1.95. The lowest BCUT2D eigenvalue weighted by Crippen LogP contribution is -2.03. The third-order valence-electron chi connectivity index (χ3n) is 1.74. The molecule has 0 atom stereocenters. The lowest BCUT2D eigenvalue weighted by molar-refractivity contribution is 1.28. The van der Waals surface area contributed by atoms with Crippen LogP contribution in [0.15, 0.2) is 39.7 Å². The second-order valence-corrected chi connectivity index (χ2v) is 3.45. The highest BCUT2D eigenvalue weighted by Gasteiger charge is 1.96. The molecule has 0 unspecified atom stereocenters. The Balaban J connectivity index is 0.000000509. The molecule has 0 aliphatic heterocycles. The zero-order chi connectivity index (χ0) is 12.6. The quantitative estimate of drug-likeness (QED) is 0.766. The van der Waals surface area contributed by atoms with Crippen molar-refractivity contribution >= 4 is 26.7 Å². The summed E-state index contributed by atoms with van der Waals surface area (Å²) in [5.41, 5.74) is -0.0474. The fourth-order valence-corrected chi connectivity index (χ4v) is 1.52. The van der Waals surface area contributed by atoms with Crippen molar-refractivity contribution in [3.63, 3.8) is 0 Å². The molecule has 1 aromatic heterocycles. The lowest BCUT2D eigenvalue weighted by atomic mass is 10.2. The van der Waals surface area contributed by atoms with Gasteiger partial charge in [-0.15, -0.1) is 0 Å². The Morgan fingerprint density at radius 1 is 1.06 bits per heavy atom. The first kappa shape index (κ1) is 14.9. The molecule has 0 bridgehead atoms. The van der Waals surface area contributed by atoms with Gasteiger partial charge in [0, 0.05) is 16.1 Å². The van der Waals surface area contributed by atoms with Crippen molar-refractivity contribution in [3.05, 3.63) is 45.3 Å². The molecule has 2 aromatic rings. The summed E-state index contributed by atoms with van der Waals surface area (Å²) in [6, 6.07) is 7.52. The Morgan fingerprint density at radius 3 is 2.31 bits per heavy atom. The molecule has 16 heavy (non-hydrogen) atoms. The van der Waals surface area contributed by atoms with Crippen molar-refractivity contribution < 1.29 is 0 Å². The van der Waals surface area contributed by atoms with Crippen molar-refractivity contribution in [2.45, 2.75) is 27.7 Å². The Kier molecular flexibility index (Phi) is 7.56. The molecule has 0 aliphatic carbocycles. The van der Waals surface area contributed by atoms with E-state index < -0.39 is 0 Å². The van der Waals surface area contributed by atoms with E-state index in [1.807, 2.05) is 52.0 Å². The van der Waals surface area contributed by atoms with Crippen LogP contribution in [0.1, 0.15) is 27.7 Å². The van der Waals surface area contributed by atoms with Crippen LogP contribution in [0, 0.1) is 0 Å². The number of halogens is 1. The minimum absolute atomic E-state index is 0.0474. The van der Waals surface area contributed by atoms with Gasteiger partial charge in [-0.3, -0.25) is 4.79 Å². The topological polar surface area (TPSA) is 32.9 Å². The van der Waals surface area contributed by atoms with Gasteiger partial charge < -0.3 is 4.98 Å². The van der Waals surface area contributed by atoms with Crippen LogP contribution in [0.5, 0.6) is 0 Å². The number of nitrogens with one attached hydrogen (secondary N) is 1. The number of aromatic amines is 1. The minimum atomic E-state index is -0.0474. The van der Waals surface area contributed by atoms with Crippen LogP contribution in [-0.2, 0) is 0 Å². The van der Waals surface area contributed by atoms with Gasteiger partial charge in [0.15, 0.2) is 0 Å². The molecule has 0 aliphatic rings. The van der Waals surface area contributed by atoms with Gasteiger partial charge >= 0.3 is 0 Å². The summed E-state index contributed by atoms with van der Waals surface area (Å²) in [6.07, 6.45) is 1.65. The maximum Gasteiger partial charge on any atom is 0.255 e. The molecule has 1 aromatic carbocycles. The largest absolute Gasteiger partial charge is 0.329 e. The monoisotopic (exact) mass is 283 g/mol. The smallest absolute Gasteiger partial charge is 0.255 e. The van der Waals surface area contributed by atoms with E-state index in [9.17, 15) is 4.79 Å². The fraction of sp³-hybridized carbons (Fsp3) is 0.308. The van der Waals surface area contributed by atoms with Crippen molar-refractivity contribution in [3.8, 4) is 0 Å². The third kappa shape index (κ3) is 3.81. The molecule has 0 amide bonds. The van der Waals surface area contributed by atoms with Gasteiger partial charge in [0.2, 0.25) is 0 Å². The normalized spacial score (nSPS) is 8.56. The van der Waals surface area contributed by atoms with Gasteiger partial charge in [-0.2, -0.15) is 0 Å². The summed E-state index contributed by atoms with van der Waals surface area (Å²) < 4.78 is 0.923. The Labute approximate surface area is 105 Å². The molecule has 0 fully saturated rings. The summed E-state index contributed by atoms with van der Waals surface area (Å²) in [5.74, 6) is 0. The SMILES string of the molecule is CC.CC.O=c1[nH]ccc2ccc(Br)cc12. The van der Waals surface area contributed by atoms with Gasteiger partial charge in [-0.25, -0.2) is 0 Å². The summed E-state index contributed by atoms with van der Waals surface area (Å²) in [6.45, 7) is 8.00. The van der Waals surface area contributed by atoms with E-state index in [4.69, 9.17) is 0 Å². The number of H-pyrrole nitrogens is 1. The molecule has 0 radical (unpaired) electrons. The van der Waals surface area contributed by atoms with Crippen LogP contribution in [0.25, 0.3) is 10.8 Å². The molecule has 0 saturated carbocycles. The van der Waals surface area contributed by atoms with E-state index in [1.54, 1.807) is 6.20 Å². The molecule has 1 heterocycles. The van der Waals surface area contributed by atoms with Crippen LogP contribution < -0.4 is 5.56 Å². The number of aromatic nitrogens is 1. The molecule has 88 valence electrons. The summed E-state index contributed by atoms with van der Waals surface area (Å²) in [7, 11) is 0. The van der Waals surface area contributed by atoms with E-state index in [1.165, 1.54) is 0 Å². The van der Waals surface area contributed by atoms with E-state index in [0.29, 0.717) is 5.39 Å². The predicted octanol–water partition coefficient (Wildman–Crippen LogP) is 4.34. The Hall–Kier alpha value is -1.09. The molecular weight excluding hydrogens is 266 g/mol. The zero-order valence-electron chi connectivity index (χ0n) is 10.2. The summed E-state index contributed by atoms with van der Waals surface area (Å²) >= 11 is 3.31. The summed E-state index contributed by atoms with van der Waals surface area (Å²) in [5, 5.41) is 1.67. The van der Waals surface area contributed by atoms with E-state index in [0.717, 1.165) is 9.86 Å². The number of fused-ring (bicyclic) bond motifs is 1. The highest BCUT2D eigenvalue weighted by molar-refractivity contribution is 9.10. The second kappa shape index (κ2) is 8.11. The average Bonchev–Trinajstić information content (AvgIpc) is 2.35. The molecule has 1 N–H and O–H groups in total. The van der Waals surface area contributed by atoms with Crippen LogP contribution in [0.4, 0.5) is 0 Å². The molecular formula is C13H18BrNO. The summed E-state index contributed by atoms with van der Waals surface area (Å²) in [4.78, 5) is 13.9. The van der Waals surface area contributed by atoms with Crippen LogP contribution in [0.3, 0.4) is 0 Å². The van der Waals surface area contributed by atoms with E-state index >= 15 is 0 Å². The first-order valence-electron chi connectivity index (χ1n) is 5.54. The number of hydrogen-bond donors (Lipinski definition) is 1. The van der Waals surface area contributed by atoms with Crippen molar-refractivity contribution in [2.75, 3.05) is 0 Å². The van der Waals surface area contributed by atoms with Crippen LogP contribution in [-0.4, -0.2) is 4.98 Å². The standard InChI is InChI=1S/C9H6BrNO.2C2H6/c10-7-2-1-6-3-4-11-9(12)8(6)5-7;2*1-2/h1-5H,(H,11,12);2*1-2H3. The molecule has 2 rings (SSSR count). The van der Waals surface area contributed by atoms with Crippen molar-refractivity contribution in [1.82, 2.24) is 4.98 Å². The number of benzene rings is 1.